The van der Waals surface area contributed by atoms with Gasteiger partial charge in [0.1, 0.15) is 0 Å². The maximum Gasteiger partial charge on any atom is 0.0561 e. The number of benzene rings is 2. The van der Waals surface area contributed by atoms with E-state index < -0.39 is 0 Å². The lowest BCUT2D eigenvalue weighted by atomic mass is 10.1. The Morgan fingerprint density at radius 3 is 2.48 bits per heavy atom. The van der Waals surface area contributed by atoms with E-state index in [1.54, 1.807) is 0 Å². The van der Waals surface area contributed by atoms with E-state index >= 15 is 0 Å². The van der Waals surface area contributed by atoms with Crippen molar-refractivity contribution in [1.82, 2.24) is 4.90 Å². The van der Waals surface area contributed by atoms with Crippen molar-refractivity contribution in [3.8, 4) is 0 Å². The number of nitrogens with one attached hydrogen (secondary N) is 1. The van der Waals surface area contributed by atoms with Crippen LogP contribution < -0.4 is 5.43 Å². The SMILES string of the molecule is C(=NNc1ccccc1)c1ccccc1CN1CCCC1. The minimum Gasteiger partial charge on any atom is -0.299 e. The molecule has 3 nitrogen and oxygen atoms in total. The summed E-state index contributed by atoms with van der Waals surface area (Å²) < 4.78 is 0. The largest absolute Gasteiger partial charge is 0.299 e. The van der Waals surface area contributed by atoms with Gasteiger partial charge in [-0.25, -0.2) is 0 Å². The van der Waals surface area contributed by atoms with E-state index in [9.17, 15) is 0 Å². The first-order valence-corrected chi connectivity index (χ1v) is 7.56. The molecule has 108 valence electrons. The smallest absolute Gasteiger partial charge is 0.0561 e. The molecule has 0 amide bonds. The van der Waals surface area contributed by atoms with Gasteiger partial charge in [0.25, 0.3) is 0 Å². The third-order valence-corrected chi connectivity index (χ3v) is 3.82. The van der Waals surface area contributed by atoms with Crippen molar-refractivity contribution < 1.29 is 0 Å². The topological polar surface area (TPSA) is 27.6 Å². The fourth-order valence-electron chi connectivity index (χ4n) is 2.67. The summed E-state index contributed by atoms with van der Waals surface area (Å²) >= 11 is 0. The molecule has 2 aromatic carbocycles. The Morgan fingerprint density at radius 2 is 1.67 bits per heavy atom. The Hall–Kier alpha value is -2.13. The predicted octanol–water partition coefficient (Wildman–Crippen LogP) is 3.73. The molecule has 1 N–H and O–H groups in total. The van der Waals surface area contributed by atoms with Crippen LogP contribution >= 0.6 is 0 Å². The fraction of sp³-hybridized carbons (Fsp3) is 0.278. The van der Waals surface area contributed by atoms with E-state index in [1.807, 2.05) is 36.5 Å². The van der Waals surface area contributed by atoms with Crippen molar-refractivity contribution in [2.75, 3.05) is 18.5 Å². The van der Waals surface area contributed by atoms with Crippen LogP contribution in [0.2, 0.25) is 0 Å². The summed E-state index contributed by atoms with van der Waals surface area (Å²) in [6.45, 7) is 3.45. The molecule has 0 bridgehead atoms. The number of hydrogen-bond donors (Lipinski definition) is 1. The summed E-state index contributed by atoms with van der Waals surface area (Å²) in [5, 5.41) is 4.35. The fourth-order valence-corrected chi connectivity index (χ4v) is 2.67. The van der Waals surface area contributed by atoms with Gasteiger partial charge in [0.2, 0.25) is 0 Å². The highest BCUT2D eigenvalue weighted by molar-refractivity contribution is 5.82. The number of nitrogens with zero attached hydrogens (tertiary/aromatic N) is 2. The minimum atomic E-state index is 1.01. The third kappa shape index (κ3) is 3.92. The second-order valence-corrected chi connectivity index (χ2v) is 5.42. The van der Waals surface area contributed by atoms with Crippen LogP contribution in [0.4, 0.5) is 5.69 Å². The monoisotopic (exact) mass is 279 g/mol. The molecule has 3 rings (SSSR count). The molecule has 1 fully saturated rings. The molecule has 3 heteroatoms. The number of rotatable bonds is 5. The average Bonchev–Trinajstić information content (AvgIpc) is 3.03. The Labute approximate surface area is 126 Å². The van der Waals surface area contributed by atoms with E-state index in [0.29, 0.717) is 0 Å². The van der Waals surface area contributed by atoms with Gasteiger partial charge in [0.15, 0.2) is 0 Å². The maximum atomic E-state index is 4.35. The number of hydrogen-bond acceptors (Lipinski definition) is 3. The molecule has 0 unspecified atom stereocenters. The highest BCUT2D eigenvalue weighted by Gasteiger charge is 2.12. The van der Waals surface area contributed by atoms with Gasteiger partial charge in [-0.3, -0.25) is 10.3 Å². The predicted molar refractivity (Wildman–Crippen MR) is 88.6 cm³/mol. The zero-order valence-corrected chi connectivity index (χ0v) is 12.2. The first-order valence-electron chi connectivity index (χ1n) is 7.56. The Morgan fingerprint density at radius 1 is 0.952 bits per heavy atom. The molecule has 0 aliphatic carbocycles. The minimum absolute atomic E-state index is 1.01. The second-order valence-electron chi connectivity index (χ2n) is 5.42. The highest BCUT2D eigenvalue weighted by Crippen LogP contribution is 2.15. The highest BCUT2D eigenvalue weighted by atomic mass is 15.3. The molecule has 0 radical (unpaired) electrons. The molecule has 0 atom stereocenters. The van der Waals surface area contributed by atoms with Crippen molar-refractivity contribution in [3.63, 3.8) is 0 Å². The van der Waals surface area contributed by atoms with Gasteiger partial charge in [-0.05, 0) is 49.2 Å². The number of hydrazone groups is 1. The summed E-state index contributed by atoms with van der Waals surface area (Å²) in [7, 11) is 0. The van der Waals surface area contributed by atoms with Gasteiger partial charge >= 0.3 is 0 Å². The Bertz CT molecular complexity index is 586. The van der Waals surface area contributed by atoms with Gasteiger partial charge in [-0.15, -0.1) is 0 Å². The summed E-state index contributed by atoms with van der Waals surface area (Å²) in [5.41, 5.74) is 6.61. The van der Waals surface area contributed by atoms with Crippen LogP contribution in [-0.4, -0.2) is 24.2 Å². The van der Waals surface area contributed by atoms with Crippen LogP contribution in [0, 0.1) is 0 Å². The van der Waals surface area contributed by atoms with E-state index in [2.05, 4.69) is 39.7 Å². The van der Waals surface area contributed by atoms with Crippen molar-refractivity contribution in [3.05, 3.63) is 65.7 Å². The van der Waals surface area contributed by atoms with E-state index in [4.69, 9.17) is 0 Å². The van der Waals surface area contributed by atoms with Gasteiger partial charge < -0.3 is 0 Å². The van der Waals surface area contributed by atoms with Gasteiger partial charge in [0.05, 0.1) is 11.9 Å². The van der Waals surface area contributed by atoms with E-state index in [-0.39, 0.29) is 0 Å². The summed E-state index contributed by atoms with van der Waals surface area (Å²) in [6.07, 6.45) is 4.57. The molecule has 2 aromatic rings. The Balaban J connectivity index is 1.66. The van der Waals surface area contributed by atoms with Crippen molar-refractivity contribution in [2.24, 2.45) is 5.10 Å². The number of likely N-dealkylation sites (tertiary alicyclic amines) is 1. The van der Waals surface area contributed by atoms with Gasteiger partial charge in [-0.1, -0.05) is 42.5 Å². The first kappa shape index (κ1) is 13.8. The maximum absolute atomic E-state index is 4.35. The van der Waals surface area contributed by atoms with Crippen molar-refractivity contribution in [1.29, 1.82) is 0 Å². The first-order chi connectivity index (χ1) is 10.4. The molecule has 1 saturated heterocycles. The number of anilines is 1. The van der Waals surface area contributed by atoms with Crippen LogP contribution in [0.1, 0.15) is 24.0 Å². The van der Waals surface area contributed by atoms with E-state index in [1.165, 1.54) is 37.1 Å². The zero-order chi connectivity index (χ0) is 14.3. The van der Waals surface area contributed by atoms with Crippen LogP contribution in [0.3, 0.4) is 0 Å². The second kappa shape index (κ2) is 7.04. The van der Waals surface area contributed by atoms with Crippen LogP contribution in [0.15, 0.2) is 59.7 Å². The molecule has 0 aromatic heterocycles. The lowest BCUT2D eigenvalue weighted by Crippen LogP contribution is -2.19. The Kier molecular flexibility index (Phi) is 4.64. The molecule has 1 aliphatic rings. The van der Waals surface area contributed by atoms with Gasteiger partial charge in [-0.2, -0.15) is 5.10 Å². The summed E-state index contributed by atoms with van der Waals surface area (Å²) in [4.78, 5) is 2.51. The van der Waals surface area contributed by atoms with E-state index in [0.717, 1.165) is 12.2 Å². The average molecular weight is 279 g/mol. The standard InChI is InChI=1S/C18H21N3/c1-2-10-18(11-3-1)20-19-14-16-8-4-5-9-17(16)15-21-12-6-7-13-21/h1-5,8-11,14,20H,6-7,12-13,15H2. The lowest BCUT2D eigenvalue weighted by Gasteiger charge is -2.16. The quantitative estimate of drug-likeness (QED) is 0.667. The lowest BCUT2D eigenvalue weighted by molar-refractivity contribution is 0.331. The van der Waals surface area contributed by atoms with Gasteiger partial charge in [0, 0.05) is 6.54 Å². The molecule has 0 spiro atoms. The normalized spacial score (nSPS) is 15.6. The number of para-hydroxylation sites is 1. The van der Waals surface area contributed by atoms with Crippen LogP contribution in [0.5, 0.6) is 0 Å². The van der Waals surface area contributed by atoms with Crippen molar-refractivity contribution in [2.45, 2.75) is 19.4 Å². The van der Waals surface area contributed by atoms with Crippen LogP contribution in [0.25, 0.3) is 0 Å². The zero-order valence-electron chi connectivity index (χ0n) is 12.2. The molecular formula is C18H21N3. The molecule has 21 heavy (non-hydrogen) atoms. The third-order valence-electron chi connectivity index (χ3n) is 3.82. The van der Waals surface area contributed by atoms with Crippen LogP contribution in [-0.2, 0) is 6.54 Å². The molecule has 1 aliphatic heterocycles. The van der Waals surface area contributed by atoms with Crippen molar-refractivity contribution >= 4 is 11.9 Å². The summed E-state index contributed by atoms with van der Waals surface area (Å²) in [5.74, 6) is 0. The summed E-state index contributed by atoms with van der Waals surface area (Å²) in [6, 6.07) is 18.5. The molecule has 0 saturated carbocycles. The molecule has 1 heterocycles. The molecular weight excluding hydrogens is 258 g/mol.